The number of carbonyl (C=O) groups excluding carboxylic acids is 1. The van der Waals surface area contributed by atoms with Gasteiger partial charge in [-0.3, -0.25) is 4.79 Å². The first kappa shape index (κ1) is 19.3. The van der Waals surface area contributed by atoms with E-state index in [-0.39, 0.29) is 0 Å². The molecular formula is C19H22BrNO4. The Morgan fingerprint density at radius 1 is 1.20 bits per heavy atom. The van der Waals surface area contributed by atoms with Gasteiger partial charge in [0.1, 0.15) is 24.1 Å². The van der Waals surface area contributed by atoms with Gasteiger partial charge in [-0.1, -0.05) is 22.0 Å². The predicted octanol–water partition coefficient (Wildman–Crippen LogP) is 3.47. The molecule has 0 radical (unpaired) electrons. The fraction of sp³-hybridized carbons (Fsp3) is 0.316. The van der Waals surface area contributed by atoms with Crippen LogP contribution in [0.2, 0.25) is 0 Å². The molecule has 2 N–H and O–H groups in total. The van der Waals surface area contributed by atoms with Crippen LogP contribution in [0.3, 0.4) is 0 Å². The second-order valence-electron chi connectivity index (χ2n) is 5.45. The van der Waals surface area contributed by atoms with E-state index in [1.54, 1.807) is 14.0 Å². The fourth-order valence-corrected chi connectivity index (χ4v) is 2.61. The minimum Gasteiger partial charge on any atom is -0.496 e. The Labute approximate surface area is 156 Å². The van der Waals surface area contributed by atoms with E-state index < -0.39 is 12.0 Å². The Balaban J connectivity index is 2.08. The third kappa shape index (κ3) is 5.76. The van der Waals surface area contributed by atoms with Gasteiger partial charge in [0.25, 0.3) is 0 Å². The van der Waals surface area contributed by atoms with Crippen LogP contribution in [0.25, 0.3) is 0 Å². The van der Waals surface area contributed by atoms with Gasteiger partial charge in [0, 0.05) is 10.0 Å². The van der Waals surface area contributed by atoms with E-state index >= 15 is 0 Å². The van der Waals surface area contributed by atoms with Crippen LogP contribution >= 0.6 is 15.9 Å². The Morgan fingerprint density at radius 3 is 2.56 bits per heavy atom. The third-order valence-corrected chi connectivity index (χ3v) is 4.13. The largest absolute Gasteiger partial charge is 0.496 e. The second-order valence-corrected chi connectivity index (χ2v) is 6.37. The lowest BCUT2D eigenvalue weighted by atomic mass is 10.0. The molecule has 0 aliphatic carbocycles. The molecule has 0 fully saturated rings. The highest BCUT2D eigenvalue weighted by Gasteiger charge is 2.16. The van der Waals surface area contributed by atoms with Crippen LogP contribution in [-0.4, -0.2) is 25.7 Å². The molecule has 0 saturated heterocycles. The standard InChI is InChI=1S/C19H22BrNO4/c1-3-24-19(22)17(21)11-13-4-9-18(23-2)14(10-13)12-25-16-7-5-15(20)6-8-16/h4-10,17H,3,11-12,21H2,1-2H3. The summed E-state index contributed by atoms with van der Waals surface area (Å²) in [5, 5.41) is 0. The summed E-state index contributed by atoms with van der Waals surface area (Å²) in [6.45, 7) is 2.43. The molecule has 0 aliphatic rings. The zero-order valence-electron chi connectivity index (χ0n) is 14.3. The first-order chi connectivity index (χ1) is 12.0. The molecule has 0 heterocycles. The van der Waals surface area contributed by atoms with Crippen LogP contribution in [-0.2, 0) is 22.6 Å². The minimum atomic E-state index is -0.686. The van der Waals surface area contributed by atoms with Gasteiger partial charge >= 0.3 is 5.97 Å². The van der Waals surface area contributed by atoms with Gasteiger partial charge in [-0.05, 0) is 55.3 Å². The molecule has 2 rings (SSSR count). The van der Waals surface area contributed by atoms with Crippen LogP contribution in [0, 0.1) is 0 Å². The fourth-order valence-electron chi connectivity index (χ4n) is 2.35. The number of halogens is 1. The quantitative estimate of drug-likeness (QED) is 0.678. The van der Waals surface area contributed by atoms with Crippen molar-refractivity contribution in [2.45, 2.75) is 26.0 Å². The highest BCUT2D eigenvalue weighted by molar-refractivity contribution is 9.10. The van der Waals surface area contributed by atoms with Crippen molar-refractivity contribution < 1.29 is 19.0 Å². The predicted molar refractivity (Wildman–Crippen MR) is 99.8 cm³/mol. The molecule has 0 spiro atoms. The summed E-state index contributed by atoms with van der Waals surface area (Å²) in [7, 11) is 1.61. The normalized spacial score (nSPS) is 11.7. The maximum Gasteiger partial charge on any atom is 0.323 e. The Bertz CT molecular complexity index is 703. The molecule has 0 bridgehead atoms. The van der Waals surface area contributed by atoms with Gasteiger partial charge < -0.3 is 19.9 Å². The number of rotatable bonds is 8. The topological polar surface area (TPSA) is 70.8 Å². The molecule has 1 unspecified atom stereocenters. The first-order valence-electron chi connectivity index (χ1n) is 7.99. The second kappa shape index (κ2) is 9.44. The molecular weight excluding hydrogens is 386 g/mol. The molecule has 5 nitrogen and oxygen atoms in total. The highest BCUT2D eigenvalue weighted by atomic mass is 79.9. The Hall–Kier alpha value is -2.05. The van der Waals surface area contributed by atoms with Gasteiger partial charge in [0.05, 0.1) is 13.7 Å². The van der Waals surface area contributed by atoms with Crippen molar-refractivity contribution in [3.63, 3.8) is 0 Å². The molecule has 25 heavy (non-hydrogen) atoms. The lowest BCUT2D eigenvalue weighted by Gasteiger charge is -2.14. The number of hydrogen-bond donors (Lipinski definition) is 1. The van der Waals surface area contributed by atoms with Crippen LogP contribution in [0.5, 0.6) is 11.5 Å². The number of carbonyl (C=O) groups is 1. The SMILES string of the molecule is CCOC(=O)C(N)Cc1ccc(OC)c(COc2ccc(Br)cc2)c1. The van der Waals surface area contributed by atoms with E-state index in [0.29, 0.717) is 19.6 Å². The molecule has 0 aliphatic heterocycles. The summed E-state index contributed by atoms with van der Waals surface area (Å²) in [4.78, 5) is 11.7. The van der Waals surface area contributed by atoms with E-state index in [2.05, 4.69) is 15.9 Å². The van der Waals surface area contributed by atoms with E-state index in [1.165, 1.54) is 0 Å². The summed E-state index contributed by atoms with van der Waals surface area (Å²) < 4.78 is 17.1. The number of hydrogen-bond acceptors (Lipinski definition) is 5. The number of esters is 1. The third-order valence-electron chi connectivity index (χ3n) is 3.60. The zero-order chi connectivity index (χ0) is 18.2. The summed E-state index contributed by atoms with van der Waals surface area (Å²) in [6, 6.07) is 12.6. The molecule has 6 heteroatoms. The summed E-state index contributed by atoms with van der Waals surface area (Å²) in [5.41, 5.74) is 7.71. The average molecular weight is 408 g/mol. The molecule has 134 valence electrons. The Morgan fingerprint density at radius 2 is 1.92 bits per heavy atom. The van der Waals surface area contributed by atoms with Crippen molar-refractivity contribution in [1.29, 1.82) is 0 Å². The molecule has 2 aromatic rings. The number of nitrogens with two attached hydrogens (primary N) is 1. The first-order valence-corrected chi connectivity index (χ1v) is 8.79. The van der Waals surface area contributed by atoms with Crippen molar-refractivity contribution in [3.05, 3.63) is 58.1 Å². The van der Waals surface area contributed by atoms with Gasteiger partial charge in [-0.2, -0.15) is 0 Å². The molecule has 1 atom stereocenters. The van der Waals surface area contributed by atoms with Crippen LogP contribution in [0.15, 0.2) is 46.9 Å². The van der Waals surface area contributed by atoms with Gasteiger partial charge in [0.15, 0.2) is 0 Å². The maximum atomic E-state index is 11.7. The lowest BCUT2D eigenvalue weighted by molar-refractivity contribution is -0.144. The van der Waals surface area contributed by atoms with E-state index in [1.807, 2.05) is 42.5 Å². The van der Waals surface area contributed by atoms with Crippen molar-refractivity contribution in [2.24, 2.45) is 5.73 Å². The average Bonchev–Trinajstić information content (AvgIpc) is 2.61. The smallest absolute Gasteiger partial charge is 0.323 e. The number of benzene rings is 2. The van der Waals surface area contributed by atoms with Crippen molar-refractivity contribution in [2.75, 3.05) is 13.7 Å². The molecule has 0 aromatic heterocycles. The molecule has 0 saturated carbocycles. The van der Waals surface area contributed by atoms with Crippen molar-refractivity contribution in [1.82, 2.24) is 0 Å². The van der Waals surface area contributed by atoms with E-state index in [0.717, 1.165) is 27.1 Å². The van der Waals surface area contributed by atoms with E-state index in [4.69, 9.17) is 19.9 Å². The van der Waals surface area contributed by atoms with E-state index in [9.17, 15) is 4.79 Å². The van der Waals surface area contributed by atoms with Crippen LogP contribution < -0.4 is 15.2 Å². The maximum absolute atomic E-state index is 11.7. The van der Waals surface area contributed by atoms with Gasteiger partial charge in [0.2, 0.25) is 0 Å². The monoisotopic (exact) mass is 407 g/mol. The summed E-state index contributed by atoms with van der Waals surface area (Å²) >= 11 is 3.39. The molecule has 0 amide bonds. The highest BCUT2D eigenvalue weighted by Crippen LogP contribution is 2.23. The van der Waals surface area contributed by atoms with Crippen LogP contribution in [0.1, 0.15) is 18.1 Å². The lowest BCUT2D eigenvalue weighted by Crippen LogP contribution is -2.34. The Kier molecular flexibility index (Phi) is 7.28. The zero-order valence-corrected chi connectivity index (χ0v) is 15.9. The van der Waals surface area contributed by atoms with Crippen molar-refractivity contribution in [3.8, 4) is 11.5 Å². The van der Waals surface area contributed by atoms with Crippen molar-refractivity contribution >= 4 is 21.9 Å². The molecule has 2 aromatic carbocycles. The summed E-state index contributed by atoms with van der Waals surface area (Å²) in [5.74, 6) is 1.09. The number of ether oxygens (including phenoxy) is 3. The van der Waals surface area contributed by atoms with Crippen LogP contribution in [0.4, 0.5) is 0 Å². The minimum absolute atomic E-state index is 0.321. The number of methoxy groups -OCH3 is 1. The summed E-state index contributed by atoms with van der Waals surface area (Å²) in [6.07, 6.45) is 0.397. The van der Waals surface area contributed by atoms with Gasteiger partial charge in [-0.25, -0.2) is 0 Å². The van der Waals surface area contributed by atoms with Gasteiger partial charge in [-0.15, -0.1) is 0 Å².